The lowest BCUT2D eigenvalue weighted by molar-refractivity contribution is 0.0699. The maximum absolute atomic E-state index is 5.84. The van der Waals surface area contributed by atoms with Gasteiger partial charge < -0.3 is 20.5 Å². The highest BCUT2D eigenvalue weighted by Gasteiger charge is 2.14. The van der Waals surface area contributed by atoms with Crippen LogP contribution in [-0.2, 0) is 4.74 Å². The summed E-state index contributed by atoms with van der Waals surface area (Å²) in [6, 6.07) is 3.72. The molecule has 0 amide bonds. The molecule has 1 aliphatic rings. The third kappa shape index (κ3) is 4.28. The molecule has 0 aromatic carbocycles. The molecular weight excluding hydrogens is 242 g/mol. The SMILES string of the molecule is CC(C)Oc1nc(NCC2CCOCC2)ccc1N. The largest absolute Gasteiger partial charge is 0.473 e. The van der Waals surface area contributed by atoms with Crippen LogP contribution in [0.25, 0.3) is 0 Å². The van der Waals surface area contributed by atoms with Gasteiger partial charge in [0, 0.05) is 19.8 Å². The molecule has 0 unspecified atom stereocenters. The van der Waals surface area contributed by atoms with Gasteiger partial charge in [-0.3, -0.25) is 0 Å². The van der Waals surface area contributed by atoms with Crippen LogP contribution in [0.1, 0.15) is 26.7 Å². The maximum Gasteiger partial charge on any atom is 0.239 e. The minimum Gasteiger partial charge on any atom is -0.473 e. The summed E-state index contributed by atoms with van der Waals surface area (Å²) in [6.07, 6.45) is 2.29. The molecule has 2 heterocycles. The van der Waals surface area contributed by atoms with Gasteiger partial charge in [0.25, 0.3) is 0 Å². The third-order valence-electron chi connectivity index (χ3n) is 3.15. The van der Waals surface area contributed by atoms with Crippen molar-refractivity contribution < 1.29 is 9.47 Å². The van der Waals surface area contributed by atoms with Crippen molar-refractivity contribution in [3.63, 3.8) is 0 Å². The Morgan fingerprint density at radius 3 is 2.84 bits per heavy atom. The second-order valence-corrected chi connectivity index (χ2v) is 5.19. The van der Waals surface area contributed by atoms with E-state index in [4.69, 9.17) is 15.2 Å². The van der Waals surface area contributed by atoms with Crippen molar-refractivity contribution in [2.45, 2.75) is 32.8 Å². The first-order chi connectivity index (χ1) is 9.15. The quantitative estimate of drug-likeness (QED) is 0.855. The lowest BCUT2D eigenvalue weighted by Crippen LogP contribution is -2.23. The number of nitrogens with one attached hydrogen (secondary N) is 1. The summed E-state index contributed by atoms with van der Waals surface area (Å²) >= 11 is 0. The minimum atomic E-state index is 0.0699. The van der Waals surface area contributed by atoms with E-state index in [2.05, 4.69) is 10.3 Å². The second kappa shape index (κ2) is 6.61. The number of pyridine rings is 1. The summed E-state index contributed by atoms with van der Waals surface area (Å²) in [6.45, 7) is 6.57. The first-order valence-electron chi connectivity index (χ1n) is 6.90. The predicted octanol–water partition coefficient (Wildman–Crippen LogP) is 2.29. The highest BCUT2D eigenvalue weighted by molar-refractivity contribution is 5.53. The third-order valence-corrected chi connectivity index (χ3v) is 3.15. The Morgan fingerprint density at radius 1 is 1.42 bits per heavy atom. The van der Waals surface area contributed by atoms with Gasteiger partial charge in [-0.15, -0.1) is 0 Å². The summed E-state index contributed by atoms with van der Waals surface area (Å²) in [4.78, 5) is 4.41. The summed E-state index contributed by atoms with van der Waals surface area (Å²) in [5, 5.41) is 3.35. The van der Waals surface area contributed by atoms with Gasteiger partial charge in [0.15, 0.2) is 0 Å². The van der Waals surface area contributed by atoms with Crippen LogP contribution in [0.15, 0.2) is 12.1 Å². The van der Waals surface area contributed by atoms with Crippen LogP contribution in [0.4, 0.5) is 11.5 Å². The van der Waals surface area contributed by atoms with Gasteiger partial charge in [0.1, 0.15) is 5.82 Å². The van der Waals surface area contributed by atoms with Gasteiger partial charge in [-0.1, -0.05) is 0 Å². The van der Waals surface area contributed by atoms with E-state index in [-0.39, 0.29) is 6.10 Å². The molecule has 5 nitrogen and oxygen atoms in total. The summed E-state index contributed by atoms with van der Waals surface area (Å²) in [5.41, 5.74) is 6.42. The van der Waals surface area contributed by atoms with Crippen LogP contribution in [0, 0.1) is 5.92 Å². The van der Waals surface area contributed by atoms with E-state index in [1.807, 2.05) is 26.0 Å². The molecule has 0 bridgehead atoms. The van der Waals surface area contributed by atoms with Crippen LogP contribution in [0.3, 0.4) is 0 Å². The van der Waals surface area contributed by atoms with Gasteiger partial charge in [0.05, 0.1) is 11.8 Å². The highest BCUT2D eigenvalue weighted by Crippen LogP contribution is 2.23. The smallest absolute Gasteiger partial charge is 0.239 e. The van der Waals surface area contributed by atoms with E-state index in [9.17, 15) is 0 Å². The number of nitrogens with zero attached hydrogens (tertiary/aromatic N) is 1. The van der Waals surface area contributed by atoms with Crippen molar-refractivity contribution in [2.75, 3.05) is 30.8 Å². The van der Waals surface area contributed by atoms with Gasteiger partial charge in [0.2, 0.25) is 5.88 Å². The highest BCUT2D eigenvalue weighted by atomic mass is 16.5. The molecule has 1 aromatic heterocycles. The Bertz CT molecular complexity index is 404. The summed E-state index contributed by atoms with van der Waals surface area (Å²) < 4.78 is 10.9. The van der Waals surface area contributed by atoms with Gasteiger partial charge in [-0.05, 0) is 44.7 Å². The van der Waals surface area contributed by atoms with Crippen LogP contribution in [0.5, 0.6) is 5.88 Å². The Labute approximate surface area is 114 Å². The van der Waals surface area contributed by atoms with Gasteiger partial charge in [-0.2, -0.15) is 4.98 Å². The Kier molecular flexibility index (Phi) is 4.85. The second-order valence-electron chi connectivity index (χ2n) is 5.19. The molecule has 0 atom stereocenters. The molecule has 0 aliphatic carbocycles. The van der Waals surface area contributed by atoms with E-state index in [1.165, 1.54) is 0 Å². The van der Waals surface area contributed by atoms with Crippen molar-refractivity contribution in [2.24, 2.45) is 5.92 Å². The number of nitrogens with two attached hydrogens (primary N) is 1. The lowest BCUT2D eigenvalue weighted by atomic mass is 10.0. The average molecular weight is 265 g/mol. The minimum absolute atomic E-state index is 0.0699. The molecular formula is C14H23N3O2. The topological polar surface area (TPSA) is 69.4 Å². The molecule has 1 aromatic rings. The Morgan fingerprint density at radius 2 is 2.16 bits per heavy atom. The van der Waals surface area contributed by atoms with E-state index >= 15 is 0 Å². The summed E-state index contributed by atoms with van der Waals surface area (Å²) in [5.74, 6) is 1.98. The lowest BCUT2D eigenvalue weighted by Gasteiger charge is -2.22. The van der Waals surface area contributed by atoms with E-state index in [0.717, 1.165) is 38.4 Å². The first-order valence-corrected chi connectivity index (χ1v) is 6.90. The van der Waals surface area contributed by atoms with E-state index in [1.54, 1.807) is 0 Å². The number of hydrogen-bond donors (Lipinski definition) is 2. The zero-order chi connectivity index (χ0) is 13.7. The van der Waals surface area contributed by atoms with Crippen molar-refractivity contribution in [1.82, 2.24) is 4.98 Å². The monoisotopic (exact) mass is 265 g/mol. The predicted molar refractivity (Wildman–Crippen MR) is 76.4 cm³/mol. The number of rotatable bonds is 5. The standard InChI is InChI=1S/C14H23N3O2/c1-10(2)19-14-12(15)3-4-13(17-14)16-9-11-5-7-18-8-6-11/h3-4,10-11H,5-9,15H2,1-2H3,(H,16,17). The molecule has 1 aliphatic heterocycles. The molecule has 106 valence electrons. The Hall–Kier alpha value is -1.49. The van der Waals surface area contributed by atoms with Gasteiger partial charge >= 0.3 is 0 Å². The van der Waals surface area contributed by atoms with Crippen molar-refractivity contribution >= 4 is 11.5 Å². The normalized spacial score (nSPS) is 16.6. The molecule has 3 N–H and O–H groups in total. The molecule has 1 fully saturated rings. The zero-order valence-corrected chi connectivity index (χ0v) is 11.7. The molecule has 0 saturated carbocycles. The zero-order valence-electron chi connectivity index (χ0n) is 11.7. The first kappa shape index (κ1) is 13.9. The number of anilines is 2. The van der Waals surface area contributed by atoms with Crippen LogP contribution in [0.2, 0.25) is 0 Å². The molecule has 1 saturated heterocycles. The fourth-order valence-electron chi connectivity index (χ4n) is 2.07. The average Bonchev–Trinajstić information content (AvgIpc) is 2.40. The fraction of sp³-hybridized carbons (Fsp3) is 0.643. The van der Waals surface area contributed by atoms with Gasteiger partial charge in [-0.25, -0.2) is 0 Å². The van der Waals surface area contributed by atoms with Crippen molar-refractivity contribution in [3.8, 4) is 5.88 Å². The number of ether oxygens (including phenoxy) is 2. The van der Waals surface area contributed by atoms with Crippen LogP contribution < -0.4 is 15.8 Å². The van der Waals surface area contributed by atoms with Crippen LogP contribution in [-0.4, -0.2) is 30.8 Å². The van der Waals surface area contributed by atoms with Crippen molar-refractivity contribution in [3.05, 3.63) is 12.1 Å². The maximum atomic E-state index is 5.84. The number of hydrogen-bond acceptors (Lipinski definition) is 5. The molecule has 0 spiro atoms. The van der Waals surface area contributed by atoms with Crippen LogP contribution >= 0.6 is 0 Å². The molecule has 5 heteroatoms. The van der Waals surface area contributed by atoms with E-state index < -0.39 is 0 Å². The molecule has 19 heavy (non-hydrogen) atoms. The number of nitrogen functional groups attached to an aromatic ring is 1. The van der Waals surface area contributed by atoms with E-state index in [0.29, 0.717) is 17.5 Å². The molecule has 0 radical (unpaired) electrons. The van der Waals surface area contributed by atoms with Crippen molar-refractivity contribution in [1.29, 1.82) is 0 Å². The summed E-state index contributed by atoms with van der Waals surface area (Å²) in [7, 11) is 0. The number of aromatic nitrogens is 1. The fourth-order valence-corrected chi connectivity index (χ4v) is 2.07. The molecule has 2 rings (SSSR count). The Balaban J connectivity index is 1.92.